The van der Waals surface area contributed by atoms with Crippen LogP contribution in [-0.2, 0) is 6.54 Å². The summed E-state index contributed by atoms with van der Waals surface area (Å²) in [5.41, 5.74) is 1.97. The molecule has 1 heterocycles. The van der Waals surface area contributed by atoms with E-state index in [1.807, 2.05) is 18.2 Å². The number of nitrogens with one attached hydrogen (secondary N) is 1. The predicted octanol–water partition coefficient (Wildman–Crippen LogP) is 2.59. The molecular formula is C18H17NO4. The normalized spacial score (nSPS) is 12.6. The molecule has 0 unspecified atom stereocenters. The maximum Gasteiger partial charge on any atom is 0.251 e. The highest BCUT2D eigenvalue weighted by atomic mass is 16.6. The monoisotopic (exact) mass is 311 g/mol. The zero-order valence-corrected chi connectivity index (χ0v) is 12.8. The van der Waals surface area contributed by atoms with Gasteiger partial charge in [-0.25, -0.2) is 0 Å². The Kier molecular flexibility index (Phi) is 4.28. The summed E-state index contributed by atoms with van der Waals surface area (Å²) >= 11 is 0. The van der Waals surface area contributed by atoms with Crippen molar-refractivity contribution in [2.24, 2.45) is 0 Å². The highest BCUT2D eigenvalue weighted by Crippen LogP contribution is 2.33. The number of para-hydroxylation sites is 1. The molecule has 1 aliphatic rings. The molecule has 0 aliphatic carbocycles. The number of ketones is 1. The van der Waals surface area contributed by atoms with E-state index in [2.05, 4.69) is 5.32 Å². The van der Waals surface area contributed by atoms with Crippen LogP contribution in [-0.4, -0.2) is 24.9 Å². The first-order valence-corrected chi connectivity index (χ1v) is 7.42. The van der Waals surface area contributed by atoms with Gasteiger partial charge in [0.1, 0.15) is 13.2 Å². The number of fused-ring (bicyclic) bond motifs is 1. The van der Waals surface area contributed by atoms with Crippen molar-refractivity contribution in [2.45, 2.75) is 13.5 Å². The zero-order chi connectivity index (χ0) is 16.2. The summed E-state index contributed by atoms with van der Waals surface area (Å²) in [6.45, 7) is 2.88. The van der Waals surface area contributed by atoms with Crippen molar-refractivity contribution < 1.29 is 19.1 Å². The van der Waals surface area contributed by atoms with Crippen molar-refractivity contribution in [3.63, 3.8) is 0 Å². The molecule has 1 aliphatic heterocycles. The Bertz CT molecular complexity index is 737. The molecule has 0 spiro atoms. The first-order valence-electron chi connectivity index (χ1n) is 7.42. The van der Waals surface area contributed by atoms with E-state index in [1.54, 1.807) is 24.3 Å². The minimum absolute atomic E-state index is 0.0231. The van der Waals surface area contributed by atoms with Crippen molar-refractivity contribution >= 4 is 11.7 Å². The Morgan fingerprint density at radius 2 is 1.70 bits per heavy atom. The first-order chi connectivity index (χ1) is 11.1. The van der Waals surface area contributed by atoms with Gasteiger partial charge in [-0.2, -0.15) is 0 Å². The molecule has 0 aromatic heterocycles. The van der Waals surface area contributed by atoms with E-state index in [0.29, 0.717) is 42.4 Å². The molecular weight excluding hydrogens is 294 g/mol. The quantitative estimate of drug-likeness (QED) is 0.882. The largest absolute Gasteiger partial charge is 0.486 e. The van der Waals surface area contributed by atoms with Crippen LogP contribution >= 0.6 is 0 Å². The molecule has 0 saturated heterocycles. The smallest absolute Gasteiger partial charge is 0.251 e. The maximum atomic E-state index is 12.2. The highest BCUT2D eigenvalue weighted by Gasteiger charge is 2.16. The van der Waals surface area contributed by atoms with Gasteiger partial charge in [-0.1, -0.05) is 24.3 Å². The van der Waals surface area contributed by atoms with E-state index in [-0.39, 0.29) is 11.7 Å². The lowest BCUT2D eigenvalue weighted by Gasteiger charge is -2.21. The summed E-state index contributed by atoms with van der Waals surface area (Å²) in [6.07, 6.45) is 0. The predicted molar refractivity (Wildman–Crippen MR) is 85.0 cm³/mol. The van der Waals surface area contributed by atoms with Crippen molar-refractivity contribution in [2.75, 3.05) is 13.2 Å². The molecule has 1 N–H and O–H groups in total. The van der Waals surface area contributed by atoms with Crippen LogP contribution in [0.15, 0.2) is 42.5 Å². The summed E-state index contributed by atoms with van der Waals surface area (Å²) in [4.78, 5) is 23.4. The van der Waals surface area contributed by atoms with Gasteiger partial charge < -0.3 is 14.8 Å². The topological polar surface area (TPSA) is 64.6 Å². The Hall–Kier alpha value is -2.82. The number of ether oxygens (including phenoxy) is 2. The van der Waals surface area contributed by atoms with Crippen molar-refractivity contribution in [1.29, 1.82) is 0 Å². The van der Waals surface area contributed by atoms with Gasteiger partial charge in [0.2, 0.25) is 0 Å². The molecule has 3 rings (SSSR count). The second kappa shape index (κ2) is 6.52. The highest BCUT2D eigenvalue weighted by molar-refractivity contribution is 5.97. The van der Waals surface area contributed by atoms with Gasteiger partial charge in [0.25, 0.3) is 5.91 Å². The average Bonchev–Trinajstić information content (AvgIpc) is 2.59. The second-order valence-corrected chi connectivity index (χ2v) is 5.26. The zero-order valence-electron chi connectivity index (χ0n) is 12.8. The van der Waals surface area contributed by atoms with Gasteiger partial charge in [-0.3, -0.25) is 9.59 Å². The standard InChI is InChI=1S/C18H17NO4/c1-12(20)13-5-7-14(8-6-13)18(21)19-11-15-3-2-4-16-17(15)23-10-9-22-16/h2-8H,9-11H2,1H3,(H,19,21). The lowest BCUT2D eigenvalue weighted by Crippen LogP contribution is -2.24. The fourth-order valence-corrected chi connectivity index (χ4v) is 2.41. The molecule has 2 aromatic carbocycles. The van der Waals surface area contributed by atoms with E-state index in [0.717, 1.165) is 5.56 Å². The molecule has 1 amide bonds. The van der Waals surface area contributed by atoms with Crippen molar-refractivity contribution in [1.82, 2.24) is 5.32 Å². The van der Waals surface area contributed by atoms with E-state index < -0.39 is 0 Å². The number of hydrogen-bond acceptors (Lipinski definition) is 4. The van der Waals surface area contributed by atoms with Gasteiger partial charge in [-0.15, -0.1) is 0 Å². The summed E-state index contributed by atoms with van der Waals surface area (Å²) in [5.74, 6) is 1.17. The number of amides is 1. The van der Waals surface area contributed by atoms with E-state index in [4.69, 9.17) is 9.47 Å². The van der Waals surface area contributed by atoms with Crippen molar-refractivity contribution in [3.8, 4) is 11.5 Å². The van der Waals surface area contributed by atoms with Crippen LogP contribution in [0.5, 0.6) is 11.5 Å². The van der Waals surface area contributed by atoms with Gasteiger partial charge in [0.15, 0.2) is 17.3 Å². The minimum atomic E-state index is -0.200. The third kappa shape index (κ3) is 3.34. The second-order valence-electron chi connectivity index (χ2n) is 5.26. The van der Waals surface area contributed by atoms with Gasteiger partial charge in [0, 0.05) is 23.2 Å². The van der Waals surface area contributed by atoms with Gasteiger partial charge >= 0.3 is 0 Å². The number of hydrogen-bond donors (Lipinski definition) is 1. The summed E-state index contributed by atoms with van der Waals surface area (Å²) in [5, 5.41) is 2.85. The van der Waals surface area contributed by atoms with Gasteiger partial charge in [-0.05, 0) is 25.1 Å². The lowest BCUT2D eigenvalue weighted by atomic mass is 10.1. The molecule has 0 saturated carbocycles. The van der Waals surface area contributed by atoms with Crippen LogP contribution in [0, 0.1) is 0 Å². The van der Waals surface area contributed by atoms with E-state index >= 15 is 0 Å². The first kappa shape index (κ1) is 15.1. The summed E-state index contributed by atoms with van der Waals surface area (Å²) in [7, 11) is 0. The molecule has 0 radical (unpaired) electrons. The maximum absolute atomic E-state index is 12.2. The van der Waals surface area contributed by atoms with Crippen LogP contribution in [0.1, 0.15) is 33.2 Å². The molecule has 0 fully saturated rings. The van der Waals surface area contributed by atoms with Crippen LogP contribution < -0.4 is 14.8 Å². The lowest BCUT2D eigenvalue weighted by molar-refractivity contribution is 0.0947. The van der Waals surface area contributed by atoms with Crippen LogP contribution in [0.3, 0.4) is 0 Å². The van der Waals surface area contributed by atoms with Gasteiger partial charge in [0.05, 0.1) is 0 Å². The Labute approximate surface area is 134 Å². The van der Waals surface area contributed by atoms with Crippen LogP contribution in [0.4, 0.5) is 0 Å². The molecule has 0 bridgehead atoms. The molecule has 2 aromatic rings. The number of carbonyl (C=O) groups excluding carboxylic acids is 2. The third-order valence-electron chi connectivity index (χ3n) is 3.64. The summed E-state index contributed by atoms with van der Waals surface area (Å²) in [6, 6.07) is 12.2. The van der Waals surface area contributed by atoms with Crippen LogP contribution in [0.25, 0.3) is 0 Å². The van der Waals surface area contributed by atoms with E-state index in [1.165, 1.54) is 6.92 Å². The number of benzene rings is 2. The average molecular weight is 311 g/mol. The molecule has 5 heteroatoms. The van der Waals surface area contributed by atoms with Crippen LogP contribution in [0.2, 0.25) is 0 Å². The molecule has 23 heavy (non-hydrogen) atoms. The Morgan fingerprint density at radius 3 is 2.43 bits per heavy atom. The molecule has 118 valence electrons. The number of rotatable bonds is 4. The third-order valence-corrected chi connectivity index (χ3v) is 3.64. The summed E-state index contributed by atoms with van der Waals surface area (Å²) < 4.78 is 11.1. The van der Waals surface area contributed by atoms with Crippen molar-refractivity contribution in [3.05, 3.63) is 59.2 Å². The SMILES string of the molecule is CC(=O)c1ccc(C(=O)NCc2cccc3c2OCCO3)cc1. The Balaban J connectivity index is 1.68. The minimum Gasteiger partial charge on any atom is -0.486 e. The molecule has 5 nitrogen and oxygen atoms in total. The fourth-order valence-electron chi connectivity index (χ4n) is 2.41. The number of carbonyl (C=O) groups is 2. The Morgan fingerprint density at radius 1 is 1.00 bits per heavy atom. The number of Topliss-reactive ketones (excluding diaryl/α,β-unsaturated/α-hetero) is 1. The fraction of sp³-hybridized carbons (Fsp3) is 0.222. The van der Waals surface area contributed by atoms with E-state index in [9.17, 15) is 9.59 Å². The molecule has 0 atom stereocenters.